The molecule has 10 heteroatoms. The predicted molar refractivity (Wildman–Crippen MR) is 107 cm³/mol. The highest BCUT2D eigenvalue weighted by atomic mass is 19.4. The number of hydrogen-bond acceptors (Lipinski definition) is 7. The highest BCUT2D eigenvalue weighted by Crippen LogP contribution is 2.34. The van der Waals surface area contributed by atoms with Gasteiger partial charge in [-0.05, 0) is 37.9 Å². The number of alkyl halides is 3. The van der Waals surface area contributed by atoms with Crippen molar-refractivity contribution in [3.05, 3.63) is 35.8 Å². The molecule has 1 saturated carbocycles. The average molecular weight is 419 g/mol. The Morgan fingerprint density at radius 1 is 1.07 bits per heavy atom. The van der Waals surface area contributed by atoms with E-state index in [1.54, 1.807) is 6.07 Å². The Bertz CT molecular complexity index is 856. The smallest absolute Gasteiger partial charge is 0.369 e. The number of nitrogens with zero attached hydrogens (tertiary/aromatic N) is 4. The van der Waals surface area contributed by atoms with Crippen LogP contribution in [0.15, 0.2) is 24.5 Å². The van der Waals surface area contributed by atoms with Gasteiger partial charge in [0, 0.05) is 18.8 Å². The van der Waals surface area contributed by atoms with Crippen molar-refractivity contribution in [2.45, 2.75) is 50.7 Å². The predicted octanol–water partition coefficient (Wildman–Crippen LogP) is 4.23. The zero-order valence-corrected chi connectivity index (χ0v) is 16.5. The lowest BCUT2D eigenvalue weighted by Crippen LogP contribution is -2.32. The molecule has 1 aliphatic carbocycles. The lowest BCUT2D eigenvalue weighted by Gasteiger charge is -2.22. The van der Waals surface area contributed by atoms with Crippen molar-refractivity contribution >= 4 is 17.5 Å². The van der Waals surface area contributed by atoms with Crippen LogP contribution in [0.4, 0.5) is 30.6 Å². The Hall–Kier alpha value is -2.93. The molecule has 0 saturated heterocycles. The van der Waals surface area contributed by atoms with Gasteiger partial charge in [0.15, 0.2) is 0 Å². The van der Waals surface area contributed by atoms with Gasteiger partial charge in [0.2, 0.25) is 5.95 Å². The molecule has 30 heavy (non-hydrogen) atoms. The molecule has 0 radical (unpaired) electrons. The molecule has 2 heterocycles. The molecule has 0 aromatic carbocycles. The Labute approximate surface area is 173 Å². The minimum Gasteiger partial charge on any atom is -0.369 e. The fourth-order valence-corrected chi connectivity index (χ4v) is 3.36. The maximum Gasteiger partial charge on any atom is 0.421 e. The summed E-state index contributed by atoms with van der Waals surface area (Å²) in [7, 11) is 0. The van der Waals surface area contributed by atoms with Gasteiger partial charge >= 0.3 is 6.18 Å². The summed E-state index contributed by atoms with van der Waals surface area (Å²) in [6.07, 6.45) is 4.35. The van der Waals surface area contributed by atoms with Gasteiger partial charge in [-0.1, -0.05) is 19.3 Å². The van der Waals surface area contributed by atoms with Gasteiger partial charge in [0.1, 0.15) is 23.1 Å². The molecule has 2 aromatic rings. The normalized spacial score (nSPS) is 14.9. The van der Waals surface area contributed by atoms with Gasteiger partial charge in [-0.25, -0.2) is 9.97 Å². The third kappa shape index (κ3) is 6.29. The van der Waals surface area contributed by atoms with Crippen LogP contribution in [0.3, 0.4) is 0 Å². The summed E-state index contributed by atoms with van der Waals surface area (Å²) in [5.74, 6) is -0.253. The number of hydrogen-bond donors (Lipinski definition) is 3. The molecule has 0 aliphatic heterocycles. The first-order valence-electron chi connectivity index (χ1n) is 10.0. The molecule has 0 spiro atoms. The highest BCUT2D eigenvalue weighted by Gasteiger charge is 2.35. The second-order valence-corrected chi connectivity index (χ2v) is 7.19. The molecular weight excluding hydrogens is 395 g/mol. The summed E-state index contributed by atoms with van der Waals surface area (Å²) in [4.78, 5) is 11.7. The van der Waals surface area contributed by atoms with Crippen molar-refractivity contribution in [1.82, 2.24) is 20.3 Å². The summed E-state index contributed by atoms with van der Waals surface area (Å²) >= 11 is 0. The van der Waals surface area contributed by atoms with E-state index in [1.807, 2.05) is 6.07 Å². The maximum absolute atomic E-state index is 13.3. The molecule has 3 N–H and O–H groups in total. The van der Waals surface area contributed by atoms with Gasteiger partial charge in [-0.15, -0.1) is 0 Å². The van der Waals surface area contributed by atoms with Crippen LogP contribution in [0.1, 0.15) is 49.8 Å². The molecule has 0 atom stereocenters. The quantitative estimate of drug-likeness (QED) is 0.551. The fraction of sp³-hybridized carbons (Fsp3) is 0.500. The zero-order valence-electron chi connectivity index (χ0n) is 16.5. The summed E-state index contributed by atoms with van der Waals surface area (Å²) in [5.41, 5.74) is -0.208. The monoisotopic (exact) mass is 419 g/mol. The molecule has 0 bridgehead atoms. The maximum atomic E-state index is 13.3. The van der Waals surface area contributed by atoms with E-state index < -0.39 is 11.7 Å². The van der Waals surface area contributed by atoms with Gasteiger partial charge in [-0.2, -0.15) is 23.4 Å². The highest BCUT2D eigenvalue weighted by molar-refractivity contribution is 5.56. The van der Waals surface area contributed by atoms with E-state index in [4.69, 9.17) is 5.26 Å². The number of nitriles is 1. The Balaban J connectivity index is 1.60. The molecular formula is C20H24F3N7. The summed E-state index contributed by atoms with van der Waals surface area (Å²) < 4.78 is 39.9. The third-order valence-corrected chi connectivity index (χ3v) is 4.91. The first-order valence-corrected chi connectivity index (χ1v) is 10.0. The van der Waals surface area contributed by atoms with Crippen LogP contribution in [0.5, 0.6) is 0 Å². The molecule has 0 amide bonds. The molecule has 7 nitrogen and oxygen atoms in total. The standard InChI is InChI=1S/C20H24F3N7/c21-20(22,23)17-13-28-19(29-16-8-7-15(11-24)27-12-16)30-18(17)26-10-4-9-25-14-5-2-1-3-6-14/h7-8,12-14,25H,1-6,9-10H2,(H2,26,28,29,30). The van der Waals surface area contributed by atoms with Crippen LogP contribution in [-0.4, -0.2) is 34.1 Å². The Morgan fingerprint density at radius 2 is 1.87 bits per heavy atom. The van der Waals surface area contributed by atoms with Crippen molar-refractivity contribution in [3.8, 4) is 6.07 Å². The van der Waals surface area contributed by atoms with E-state index in [-0.39, 0.29) is 17.5 Å². The molecule has 0 unspecified atom stereocenters. The number of nitrogens with one attached hydrogen (secondary N) is 3. The largest absolute Gasteiger partial charge is 0.421 e. The second kappa shape index (κ2) is 10.2. The van der Waals surface area contributed by atoms with Crippen LogP contribution < -0.4 is 16.0 Å². The van der Waals surface area contributed by atoms with E-state index >= 15 is 0 Å². The van der Waals surface area contributed by atoms with Crippen molar-refractivity contribution in [1.29, 1.82) is 5.26 Å². The third-order valence-electron chi connectivity index (χ3n) is 4.91. The molecule has 1 aliphatic rings. The molecule has 2 aromatic heterocycles. The van der Waals surface area contributed by atoms with E-state index in [1.165, 1.54) is 31.5 Å². The van der Waals surface area contributed by atoms with Crippen molar-refractivity contribution in [3.63, 3.8) is 0 Å². The average Bonchev–Trinajstić information content (AvgIpc) is 2.74. The van der Waals surface area contributed by atoms with Crippen LogP contribution in [0.2, 0.25) is 0 Å². The van der Waals surface area contributed by atoms with Gasteiger partial charge < -0.3 is 16.0 Å². The second-order valence-electron chi connectivity index (χ2n) is 7.19. The van der Waals surface area contributed by atoms with Gasteiger partial charge in [0.25, 0.3) is 0 Å². The topological polar surface area (TPSA) is 98.5 Å². The molecule has 160 valence electrons. The summed E-state index contributed by atoms with van der Waals surface area (Å²) in [6, 6.07) is 5.48. The van der Waals surface area contributed by atoms with Crippen LogP contribution in [0.25, 0.3) is 0 Å². The first-order chi connectivity index (χ1) is 14.5. The van der Waals surface area contributed by atoms with Gasteiger partial charge in [0.05, 0.1) is 11.9 Å². The minimum absolute atomic E-state index is 0.0114. The van der Waals surface area contributed by atoms with Crippen LogP contribution in [0, 0.1) is 11.3 Å². The zero-order chi connectivity index (χ0) is 21.4. The first kappa shape index (κ1) is 21.8. The van der Waals surface area contributed by atoms with E-state index in [2.05, 4.69) is 30.9 Å². The Kier molecular flexibility index (Phi) is 7.41. The Morgan fingerprint density at radius 3 is 2.53 bits per heavy atom. The van der Waals surface area contributed by atoms with E-state index in [9.17, 15) is 13.2 Å². The molecule has 3 rings (SSSR count). The van der Waals surface area contributed by atoms with Crippen molar-refractivity contribution < 1.29 is 13.2 Å². The number of anilines is 3. The molecule has 1 fully saturated rings. The van der Waals surface area contributed by atoms with E-state index in [0.717, 1.165) is 25.6 Å². The fourth-order valence-electron chi connectivity index (χ4n) is 3.36. The van der Waals surface area contributed by atoms with Gasteiger partial charge in [-0.3, -0.25) is 0 Å². The van der Waals surface area contributed by atoms with Crippen molar-refractivity contribution in [2.75, 3.05) is 23.7 Å². The van der Waals surface area contributed by atoms with Crippen LogP contribution >= 0.6 is 0 Å². The minimum atomic E-state index is -4.56. The SMILES string of the molecule is N#Cc1ccc(Nc2ncc(C(F)(F)F)c(NCCCNC3CCCCC3)n2)cn1. The number of rotatable bonds is 8. The van der Waals surface area contributed by atoms with Crippen LogP contribution in [-0.2, 0) is 6.18 Å². The summed E-state index contributed by atoms with van der Waals surface area (Å²) in [6.45, 7) is 1.10. The summed E-state index contributed by atoms with van der Waals surface area (Å²) in [5, 5.41) is 17.8. The lowest BCUT2D eigenvalue weighted by molar-refractivity contribution is -0.137. The van der Waals surface area contributed by atoms with Crippen molar-refractivity contribution in [2.24, 2.45) is 0 Å². The number of aromatic nitrogens is 3. The lowest BCUT2D eigenvalue weighted by atomic mass is 9.95. The van der Waals surface area contributed by atoms with E-state index in [0.29, 0.717) is 24.7 Å². The number of pyridine rings is 1. The number of halogens is 3.